The lowest BCUT2D eigenvalue weighted by Crippen LogP contribution is -2.16. The van der Waals surface area contributed by atoms with Gasteiger partial charge in [-0.1, -0.05) is 33.1 Å². The summed E-state index contributed by atoms with van der Waals surface area (Å²) in [6.45, 7) is 4.35. The van der Waals surface area contributed by atoms with Crippen molar-refractivity contribution in [3.05, 3.63) is 15.2 Å². The van der Waals surface area contributed by atoms with Gasteiger partial charge in [0.1, 0.15) is 0 Å². The van der Waals surface area contributed by atoms with Gasteiger partial charge < -0.3 is 5.32 Å². The predicted octanol–water partition coefficient (Wildman–Crippen LogP) is 5.06. The largest absolute Gasteiger partial charge is 0.324 e. The van der Waals surface area contributed by atoms with E-state index in [4.69, 9.17) is 0 Å². The minimum atomic E-state index is 0.132. The van der Waals surface area contributed by atoms with E-state index in [1.54, 1.807) is 11.3 Å². The van der Waals surface area contributed by atoms with Gasteiger partial charge in [-0.05, 0) is 28.3 Å². The van der Waals surface area contributed by atoms with Crippen molar-refractivity contribution in [2.45, 2.75) is 46.0 Å². The molecule has 17 heavy (non-hydrogen) atoms. The second kappa shape index (κ2) is 7.88. The van der Waals surface area contributed by atoms with Gasteiger partial charge in [-0.2, -0.15) is 0 Å². The van der Waals surface area contributed by atoms with Crippen molar-refractivity contribution in [2.24, 2.45) is 5.92 Å². The summed E-state index contributed by atoms with van der Waals surface area (Å²) in [4.78, 5) is 11.9. The molecule has 1 heterocycles. The van der Waals surface area contributed by atoms with Crippen LogP contribution < -0.4 is 5.32 Å². The van der Waals surface area contributed by atoms with E-state index in [-0.39, 0.29) is 5.91 Å². The molecule has 0 aliphatic carbocycles. The molecule has 0 saturated carbocycles. The normalized spacial score (nSPS) is 12.4. The number of halogens is 1. The van der Waals surface area contributed by atoms with Gasteiger partial charge in [0.05, 0.1) is 10.2 Å². The van der Waals surface area contributed by atoms with E-state index in [0.717, 1.165) is 23.0 Å². The average Bonchev–Trinajstić information content (AvgIpc) is 2.70. The molecule has 0 aromatic carbocycles. The summed E-state index contributed by atoms with van der Waals surface area (Å²) in [6, 6.07) is 0. The van der Waals surface area contributed by atoms with Crippen molar-refractivity contribution in [1.82, 2.24) is 0 Å². The molecule has 1 aromatic heterocycles. The molecule has 0 saturated heterocycles. The Morgan fingerprint density at radius 1 is 1.47 bits per heavy atom. The average molecular weight is 318 g/mol. The molecule has 1 amide bonds. The summed E-state index contributed by atoms with van der Waals surface area (Å²) < 4.78 is 0.970. The Bertz CT molecular complexity index is 351. The van der Waals surface area contributed by atoms with Crippen LogP contribution in [0.5, 0.6) is 0 Å². The topological polar surface area (TPSA) is 29.1 Å². The van der Waals surface area contributed by atoms with E-state index in [1.807, 2.05) is 10.8 Å². The van der Waals surface area contributed by atoms with Crippen LogP contribution in [0, 0.1) is 5.92 Å². The third kappa shape index (κ3) is 5.21. The maximum absolute atomic E-state index is 11.9. The molecule has 1 atom stereocenters. The third-order valence-electron chi connectivity index (χ3n) is 2.91. The Balaban J connectivity index is 2.40. The van der Waals surface area contributed by atoms with Crippen LogP contribution in [0.3, 0.4) is 0 Å². The lowest BCUT2D eigenvalue weighted by Gasteiger charge is -2.13. The van der Waals surface area contributed by atoms with Crippen molar-refractivity contribution < 1.29 is 4.79 Å². The highest BCUT2D eigenvalue weighted by atomic mass is 79.9. The van der Waals surface area contributed by atoms with Crippen molar-refractivity contribution in [3.63, 3.8) is 0 Å². The molecular weight excluding hydrogens is 298 g/mol. The van der Waals surface area contributed by atoms with Crippen molar-refractivity contribution in [2.75, 3.05) is 5.32 Å². The lowest BCUT2D eigenvalue weighted by molar-refractivity contribution is -0.117. The smallest absolute Gasteiger partial charge is 0.224 e. The molecular formula is C13H20BrNOS. The number of anilines is 1. The van der Waals surface area contributed by atoms with E-state index < -0.39 is 0 Å². The number of carbonyl (C=O) groups is 1. The number of nitrogens with one attached hydrogen (secondary N) is 1. The van der Waals surface area contributed by atoms with E-state index in [0.29, 0.717) is 12.3 Å². The number of hydrogen-bond acceptors (Lipinski definition) is 2. The van der Waals surface area contributed by atoms with E-state index in [2.05, 4.69) is 35.1 Å². The third-order valence-corrected chi connectivity index (χ3v) is 4.61. The molecule has 1 rings (SSSR count). The minimum Gasteiger partial charge on any atom is -0.324 e. The first-order valence-electron chi connectivity index (χ1n) is 6.18. The van der Waals surface area contributed by atoms with Gasteiger partial charge in [0.15, 0.2) is 0 Å². The Hall–Kier alpha value is -0.350. The van der Waals surface area contributed by atoms with Crippen LogP contribution in [0.2, 0.25) is 0 Å². The van der Waals surface area contributed by atoms with Gasteiger partial charge in [0.2, 0.25) is 5.91 Å². The molecule has 2 nitrogen and oxygen atoms in total. The zero-order chi connectivity index (χ0) is 12.7. The first-order chi connectivity index (χ1) is 8.17. The zero-order valence-electron chi connectivity index (χ0n) is 10.5. The number of amides is 1. The van der Waals surface area contributed by atoms with Crippen LogP contribution in [0.15, 0.2) is 15.2 Å². The highest BCUT2D eigenvalue weighted by molar-refractivity contribution is 9.10. The van der Waals surface area contributed by atoms with Gasteiger partial charge >= 0.3 is 0 Å². The SMILES string of the molecule is CCCCC(CC)CC(=O)Nc1cscc1Br. The molecule has 0 fully saturated rings. The van der Waals surface area contributed by atoms with Crippen LogP contribution in [-0.4, -0.2) is 5.91 Å². The summed E-state index contributed by atoms with van der Waals surface area (Å²) in [7, 11) is 0. The number of rotatable bonds is 7. The fourth-order valence-electron chi connectivity index (χ4n) is 1.78. The molecule has 0 bridgehead atoms. The summed E-state index contributed by atoms with van der Waals surface area (Å²) in [6.07, 6.45) is 5.30. The van der Waals surface area contributed by atoms with Crippen molar-refractivity contribution in [3.8, 4) is 0 Å². The Morgan fingerprint density at radius 3 is 2.76 bits per heavy atom. The highest BCUT2D eigenvalue weighted by Gasteiger charge is 2.13. The standard InChI is InChI=1S/C13H20BrNOS/c1-3-5-6-10(4-2)7-13(16)15-12-9-17-8-11(12)14/h8-10H,3-7H2,1-2H3,(H,15,16). The molecule has 0 aliphatic rings. The molecule has 1 N–H and O–H groups in total. The summed E-state index contributed by atoms with van der Waals surface area (Å²) in [5.74, 6) is 0.652. The van der Waals surface area contributed by atoms with Crippen molar-refractivity contribution >= 4 is 38.9 Å². The van der Waals surface area contributed by atoms with Gasteiger partial charge in [0, 0.05) is 17.2 Å². The first kappa shape index (κ1) is 14.7. The zero-order valence-corrected chi connectivity index (χ0v) is 12.9. The van der Waals surface area contributed by atoms with Crippen molar-refractivity contribution in [1.29, 1.82) is 0 Å². The molecule has 1 unspecified atom stereocenters. The molecule has 0 aliphatic heterocycles. The number of carbonyl (C=O) groups excluding carboxylic acids is 1. The maximum Gasteiger partial charge on any atom is 0.224 e. The van der Waals surface area contributed by atoms with Gasteiger partial charge in [-0.15, -0.1) is 11.3 Å². The van der Waals surface area contributed by atoms with Crippen LogP contribution >= 0.6 is 27.3 Å². The first-order valence-corrected chi connectivity index (χ1v) is 7.92. The summed E-state index contributed by atoms with van der Waals surface area (Å²) in [5, 5.41) is 6.89. The molecule has 0 spiro atoms. The molecule has 96 valence electrons. The summed E-state index contributed by atoms with van der Waals surface area (Å²) in [5.41, 5.74) is 0.894. The van der Waals surface area contributed by atoms with Crippen LogP contribution in [0.25, 0.3) is 0 Å². The van der Waals surface area contributed by atoms with E-state index in [1.165, 1.54) is 12.8 Å². The quantitative estimate of drug-likeness (QED) is 0.748. The Kier molecular flexibility index (Phi) is 6.82. The van der Waals surface area contributed by atoms with Crippen LogP contribution in [0.4, 0.5) is 5.69 Å². The monoisotopic (exact) mass is 317 g/mol. The number of hydrogen-bond donors (Lipinski definition) is 1. The number of unbranched alkanes of at least 4 members (excludes halogenated alkanes) is 1. The molecule has 1 aromatic rings. The minimum absolute atomic E-state index is 0.132. The van der Waals surface area contributed by atoms with E-state index in [9.17, 15) is 4.79 Å². The van der Waals surface area contributed by atoms with Crippen LogP contribution in [-0.2, 0) is 4.79 Å². The van der Waals surface area contributed by atoms with Crippen LogP contribution in [0.1, 0.15) is 46.0 Å². The fourth-order valence-corrected chi connectivity index (χ4v) is 3.10. The Morgan fingerprint density at radius 2 is 2.24 bits per heavy atom. The fraction of sp³-hybridized carbons (Fsp3) is 0.615. The summed E-state index contributed by atoms with van der Waals surface area (Å²) >= 11 is 5.00. The van der Waals surface area contributed by atoms with E-state index >= 15 is 0 Å². The Labute approximate surface area is 116 Å². The second-order valence-corrected chi connectivity index (χ2v) is 5.90. The van der Waals surface area contributed by atoms with Gasteiger partial charge in [-0.25, -0.2) is 0 Å². The predicted molar refractivity (Wildman–Crippen MR) is 78.6 cm³/mol. The van der Waals surface area contributed by atoms with Gasteiger partial charge in [-0.3, -0.25) is 4.79 Å². The molecule has 0 radical (unpaired) electrons. The van der Waals surface area contributed by atoms with Gasteiger partial charge in [0.25, 0.3) is 0 Å². The highest BCUT2D eigenvalue weighted by Crippen LogP contribution is 2.27. The molecule has 4 heteroatoms. The lowest BCUT2D eigenvalue weighted by atomic mass is 9.95. The number of thiophene rings is 1. The second-order valence-electron chi connectivity index (χ2n) is 4.30. The maximum atomic E-state index is 11.9.